The summed E-state index contributed by atoms with van der Waals surface area (Å²) >= 11 is 0. The maximum absolute atomic E-state index is 12.7. The third-order valence-electron chi connectivity index (χ3n) is 6.00. The van der Waals surface area contributed by atoms with Gasteiger partial charge in [-0.25, -0.2) is 8.42 Å². The number of rotatable bonds is 19. The topological polar surface area (TPSA) is 34.1 Å². The number of allylic oxidation sites excluding steroid dienone is 2. The van der Waals surface area contributed by atoms with Gasteiger partial charge in [0.25, 0.3) is 0 Å². The Morgan fingerprint density at radius 1 is 0.700 bits per heavy atom. The van der Waals surface area contributed by atoms with Gasteiger partial charge in [0.05, 0.1) is 10.1 Å². The van der Waals surface area contributed by atoms with E-state index in [0.29, 0.717) is 11.3 Å². The van der Waals surface area contributed by atoms with Crippen molar-refractivity contribution in [2.75, 3.05) is 0 Å². The molecule has 172 valence electrons. The second kappa shape index (κ2) is 17.6. The number of benzene rings is 1. The van der Waals surface area contributed by atoms with Crippen LogP contribution in [-0.4, -0.2) is 13.7 Å². The van der Waals surface area contributed by atoms with Gasteiger partial charge in [0.2, 0.25) is 0 Å². The van der Waals surface area contributed by atoms with Crippen LogP contribution < -0.4 is 0 Å². The Balaban J connectivity index is 2.02. The van der Waals surface area contributed by atoms with Gasteiger partial charge in [-0.3, -0.25) is 0 Å². The molecular weight excluding hydrogens is 388 g/mol. The zero-order valence-corrected chi connectivity index (χ0v) is 20.5. The minimum absolute atomic E-state index is 0.239. The highest BCUT2D eigenvalue weighted by molar-refractivity contribution is 7.92. The van der Waals surface area contributed by atoms with Crippen LogP contribution in [0.25, 0.3) is 0 Å². The molecule has 3 heteroatoms. The summed E-state index contributed by atoms with van der Waals surface area (Å²) < 4.78 is 25.5. The van der Waals surface area contributed by atoms with Gasteiger partial charge in [-0.05, 0) is 50.7 Å². The first-order valence-corrected chi connectivity index (χ1v) is 14.1. The van der Waals surface area contributed by atoms with Crippen LogP contribution in [0.3, 0.4) is 0 Å². The SMILES string of the molecule is CCCCCCCCC=CCCCCCCCCC(CC)S(=O)(=O)c1ccccc1. The largest absolute Gasteiger partial charge is 0.223 e. The van der Waals surface area contributed by atoms with Crippen LogP contribution in [0.15, 0.2) is 47.4 Å². The highest BCUT2D eigenvalue weighted by atomic mass is 32.2. The molecule has 0 aliphatic rings. The zero-order chi connectivity index (χ0) is 21.9. The molecule has 0 aliphatic heterocycles. The Kier molecular flexibility index (Phi) is 15.8. The molecule has 0 bridgehead atoms. The summed E-state index contributed by atoms with van der Waals surface area (Å²) in [5.41, 5.74) is 0. The molecule has 0 radical (unpaired) electrons. The molecule has 1 aromatic carbocycles. The van der Waals surface area contributed by atoms with Crippen molar-refractivity contribution >= 4 is 9.84 Å². The van der Waals surface area contributed by atoms with E-state index in [9.17, 15) is 8.42 Å². The summed E-state index contributed by atoms with van der Waals surface area (Å²) in [5.74, 6) is 0. The van der Waals surface area contributed by atoms with Gasteiger partial charge in [0.15, 0.2) is 9.84 Å². The van der Waals surface area contributed by atoms with Crippen LogP contribution in [0.5, 0.6) is 0 Å². The number of sulfone groups is 1. The highest BCUT2D eigenvalue weighted by Crippen LogP contribution is 2.23. The third kappa shape index (κ3) is 11.9. The van der Waals surface area contributed by atoms with Crippen molar-refractivity contribution in [1.29, 1.82) is 0 Å². The maximum Gasteiger partial charge on any atom is 0.181 e. The third-order valence-corrected chi connectivity index (χ3v) is 8.38. The predicted molar refractivity (Wildman–Crippen MR) is 132 cm³/mol. The second-order valence-corrected chi connectivity index (χ2v) is 10.8. The van der Waals surface area contributed by atoms with Gasteiger partial charge >= 0.3 is 0 Å². The van der Waals surface area contributed by atoms with Gasteiger partial charge in [-0.1, -0.05) is 108 Å². The first-order valence-electron chi connectivity index (χ1n) is 12.6. The quantitative estimate of drug-likeness (QED) is 0.161. The van der Waals surface area contributed by atoms with Crippen molar-refractivity contribution in [2.45, 2.75) is 127 Å². The summed E-state index contributed by atoms with van der Waals surface area (Å²) in [7, 11) is -3.18. The lowest BCUT2D eigenvalue weighted by atomic mass is 10.1. The van der Waals surface area contributed by atoms with E-state index in [1.165, 1.54) is 77.0 Å². The Hall–Kier alpha value is -1.09. The minimum Gasteiger partial charge on any atom is -0.223 e. The Bertz CT molecular complexity index is 634. The minimum atomic E-state index is -3.18. The van der Waals surface area contributed by atoms with Gasteiger partial charge in [-0.15, -0.1) is 0 Å². The molecular formula is C27H46O2S. The molecule has 2 nitrogen and oxygen atoms in total. The van der Waals surface area contributed by atoms with Gasteiger partial charge in [0.1, 0.15) is 0 Å². The van der Waals surface area contributed by atoms with Crippen molar-refractivity contribution in [1.82, 2.24) is 0 Å². The molecule has 0 amide bonds. The second-order valence-electron chi connectivity index (χ2n) is 8.61. The van der Waals surface area contributed by atoms with E-state index in [1.54, 1.807) is 12.1 Å². The molecule has 0 saturated carbocycles. The molecule has 1 rings (SSSR count). The first kappa shape index (κ1) is 26.9. The van der Waals surface area contributed by atoms with E-state index in [2.05, 4.69) is 19.1 Å². The molecule has 0 aliphatic carbocycles. The van der Waals surface area contributed by atoms with Crippen molar-refractivity contribution in [3.8, 4) is 0 Å². The maximum atomic E-state index is 12.7. The zero-order valence-electron chi connectivity index (χ0n) is 19.7. The lowest BCUT2D eigenvalue weighted by molar-refractivity contribution is 0.538. The average Bonchev–Trinajstić information content (AvgIpc) is 2.76. The smallest absolute Gasteiger partial charge is 0.181 e. The Morgan fingerprint density at radius 2 is 1.20 bits per heavy atom. The van der Waals surface area contributed by atoms with Gasteiger partial charge in [-0.2, -0.15) is 0 Å². The average molecular weight is 435 g/mol. The first-order chi connectivity index (χ1) is 14.6. The number of hydrogen-bond donors (Lipinski definition) is 0. The van der Waals surface area contributed by atoms with Crippen molar-refractivity contribution in [2.24, 2.45) is 0 Å². The molecule has 1 aromatic rings. The molecule has 0 saturated heterocycles. The van der Waals surface area contributed by atoms with E-state index < -0.39 is 9.84 Å². The molecule has 0 fully saturated rings. The summed E-state index contributed by atoms with van der Waals surface area (Å²) in [5, 5.41) is -0.239. The Labute approximate surface area is 187 Å². The van der Waals surface area contributed by atoms with Crippen LogP contribution in [0.1, 0.15) is 117 Å². The van der Waals surface area contributed by atoms with Crippen molar-refractivity contribution in [3.63, 3.8) is 0 Å². The lowest BCUT2D eigenvalue weighted by Crippen LogP contribution is -2.20. The van der Waals surface area contributed by atoms with E-state index in [-0.39, 0.29) is 5.25 Å². The van der Waals surface area contributed by atoms with Crippen LogP contribution in [0.4, 0.5) is 0 Å². The fourth-order valence-electron chi connectivity index (χ4n) is 4.00. The molecule has 1 atom stereocenters. The number of hydrogen-bond acceptors (Lipinski definition) is 2. The Morgan fingerprint density at radius 3 is 1.73 bits per heavy atom. The fourth-order valence-corrected chi connectivity index (χ4v) is 5.84. The highest BCUT2D eigenvalue weighted by Gasteiger charge is 2.24. The van der Waals surface area contributed by atoms with E-state index >= 15 is 0 Å². The summed E-state index contributed by atoms with van der Waals surface area (Å²) in [4.78, 5) is 0.474. The van der Waals surface area contributed by atoms with Gasteiger partial charge < -0.3 is 0 Å². The molecule has 0 N–H and O–H groups in total. The van der Waals surface area contributed by atoms with Gasteiger partial charge in [0, 0.05) is 0 Å². The van der Waals surface area contributed by atoms with Crippen LogP contribution in [0.2, 0.25) is 0 Å². The van der Waals surface area contributed by atoms with E-state index in [4.69, 9.17) is 0 Å². The summed E-state index contributed by atoms with van der Waals surface area (Å²) in [6.45, 7) is 4.26. The summed E-state index contributed by atoms with van der Waals surface area (Å²) in [6, 6.07) is 8.93. The van der Waals surface area contributed by atoms with E-state index in [0.717, 1.165) is 19.3 Å². The standard InChI is InChI=1S/C27H46O2S/c1-3-5-6-7-8-9-10-11-12-13-14-15-16-17-18-20-23-26(4-2)30(28,29)27-24-21-19-22-25-27/h11-12,19,21-22,24-26H,3-10,13-18,20,23H2,1-2H3. The van der Waals surface area contributed by atoms with E-state index in [1.807, 2.05) is 25.1 Å². The van der Waals surface area contributed by atoms with Crippen LogP contribution in [0, 0.1) is 0 Å². The van der Waals surface area contributed by atoms with Crippen molar-refractivity contribution < 1.29 is 8.42 Å². The van der Waals surface area contributed by atoms with Crippen LogP contribution >= 0.6 is 0 Å². The molecule has 0 spiro atoms. The molecule has 30 heavy (non-hydrogen) atoms. The predicted octanol–water partition coefficient (Wildman–Crippen LogP) is 8.67. The number of unbranched alkanes of at least 4 members (excludes halogenated alkanes) is 12. The molecule has 0 aromatic heterocycles. The normalized spacial score (nSPS) is 13.1. The fraction of sp³-hybridized carbons (Fsp3) is 0.704. The molecule has 1 unspecified atom stereocenters. The monoisotopic (exact) mass is 434 g/mol. The van der Waals surface area contributed by atoms with Crippen molar-refractivity contribution in [3.05, 3.63) is 42.5 Å². The summed E-state index contributed by atoms with van der Waals surface area (Å²) in [6.07, 6.45) is 24.2. The van der Waals surface area contributed by atoms with Crippen LogP contribution in [-0.2, 0) is 9.84 Å². The lowest BCUT2D eigenvalue weighted by Gasteiger charge is -2.16. The molecule has 0 heterocycles.